The van der Waals surface area contributed by atoms with Crippen LogP contribution >= 0.6 is 11.3 Å². The van der Waals surface area contributed by atoms with Crippen LogP contribution < -0.4 is 16.2 Å². The highest BCUT2D eigenvalue weighted by molar-refractivity contribution is 7.20. The molecule has 0 aliphatic rings. The van der Waals surface area contributed by atoms with Crippen molar-refractivity contribution in [2.45, 2.75) is 13.5 Å². The highest BCUT2D eigenvalue weighted by Gasteiger charge is 2.19. The average Bonchev–Trinajstić information content (AvgIpc) is 3.21. The van der Waals surface area contributed by atoms with Crippen molar-refractivity contribution in [2.24, 2.45) is 0 Å². The normalized spacial score (nSPS) is 11.1. The van der Waals surface area contributed by atoms with Gasteiger partial charge >= 0.3 is 0 Å². The number of thiophene rings is 1. The number of nitrogens with zero attached hydrogens (tertiary/aromatic N) is 2. The zero-order valence-corrected chi connectivity index (χ0v) is 19.6. The molecular weight excluding hydrogens is 444 g/mol. The van der Waals surface area contributed by atoms with Gasteiger partial charge in [-0.2, -0.15) is 0 Å². The summed E-state index contributed by atoms with van der Waals surface area (Å²) in [6, 6.07) is 24.1. The zero-order chi connectivity index (χ0) is 23.5. The van der Waals surface area contributed by atoms with Crippen LogP contribution in [0.2, 0.25) is 0 Å². The zero-order valence-electron chi connectivity index (χ0n) is 18.7. The van der Waals surface area contributed by atoms with Crippen LogP contribution in [0.1, 0.15) is 20.8 Å². The fourth-order valence-corrected chi connectivity index (χ4v) is 5.16. The molecule has 2 N–H and O–H groups in total. The van der Waals surface area contributed by atoms with Crippen LogP contribution in [0.5, 0.6) is 0 Å². The van der Waals surface area contributed by atoms with Gasteiger partial charge in [-0.1, -0.05) is 66.7 Å². The SMILES string of the molecule is Cc1c(C(=O)NCCNc2cccc3ccccc23)sc2ncn(Cc3ccccc3)c(=O)c12. The fourth-order valence-electron chi connectivity index (χ4n) is 4.10. The Morgan fingerprint density at radius 3 is 2.59 bits per heavy atom. The molecule has 0 aliphatic carbocycles. The first kappa shape index (κ1) is 21.9. The minimum absolute atomic E-state index is 0.126. The molecule has 3 aromatic carbocycles. The molecule has 5 aromatic rings. The molecule has 6 nitrogen and oxygen atoms in total. The summed E-state index contributed by atoms with van der Waals surface area (Å²) in [5.41, 5.74) is 2.61. The van der Waals surface area contributed by atoms with Crippen LogP contribution in [-0.4, -0.2) is 28.5 Å². The van der Waals surface area contributed by atoms with Crippen LogP contribution in [0.3, 0.4) is 0 Å². The molecule has 170 valence electrons. The molecule has 0 atom stereocenters. The lowest BCUT2D eigenvalue weighted by Gasteiger charge is -2.10. The van der Waals surface area contributed by atoms with E-state index in [1.54, 1.807) is 10.9 Å². The average molecular weight is 469 g/mol. The van der Waals surface area contributed by atoms with Crippen molar-refractivity contribution in [1.82, 2.24) is 14.9 Å². The Kier molecular flexibility index (Phi) is 6.10. The second kappa shape index (κ2) is 9.49. The number of aryl methyl sites for hydroxylation is 1. The van der Waals surface area contributed by atoms with Crippen molar-refractivity contribution in [1.29, 1.82) is 0 Å². The molecule has 0 radical (unpaired) electrons. The van der Waals surface area contributed by atoms with E-state index in [9.17, 15) is 9.59 Å². The largest absolute Gasteiger partial charge is 0.383 e. The number of nitrogens with one attached hydrogen (secondary N) is 2. The van der Waals surface area contributed by atoms with E-state index in [1.165, 1.54) is 16.7 Å². The lowest BCUT2D eigenvalue weighted by Crippen LogP contribution is -2.28. The summed E-state index contributed by atoms with van der Waals surface area (Å²) in [7, 11) is 0. The van der Waals surface area contributed by atoms with Gasteiger partial charge in [-0.05, 0) is 29.5 Å². The molecule has 0 fully saturated rings. The molecule has 0 saturated heterocycles. The molecule has 1 amide bonds. The number of hydrogen-bond acceptors (Lipinski definition) is 5. The number of carbonyl (C=O) groups is 1. The van der Waals surface area contributed by atoms with E-state index in [4.69, 9.17) is 0 Å². The minimum Gasteiger partial charge on any atom is -0.383 e. The van der Waals surface area contributed by atoms with E-state index in [2.05, 4.69) is 33.8 Å². The molecule has 7 heteroatoms. The summed E-state index contributed by atoms with van der Waals surface area (Å²) in [6.45, 7) is 3.31. The van der Waals surface area contributed by atoms with Crippen LogP contribution in [0.4, 0.5) is 5.69 Å². The van der Waals surface area contributed by atoms with Gasteiger partial charge in [0, 0.05) is 24.2 Å². The van der Waals surface area contributed by atoms with E-state index in [-0.39, 0.29) is 11.5 Å². The second-order valence-electron chi connectivity index (χ2n) is 8.11. The first-order chi connectivity index (χ1) is 16.6. The third-order valence-electron chi connectivity index (χ3n) is 5.83. The molecule has 0 aliphatic heterocycles. The Morgan fingerprint density at radius 2 is 1.74 bits per heavy atom. The van der Waals surface area contributed by atoms with E-state index < -0.39 is 0 Å². The molecule has 0 unspecified atom stereocenters. The monoisotopic (exact) mass is 468 g/mol. The highest BCUT2D eigenvalue weighted by atomic mass is 32.1. The van der Waals surface area contributed by atoms with Crippen molar-refractivity contribution in [2.75, 3.05) is 18.4 Å². The lowest BCUT2D eigenvalue weighted by atomic mass is 10.1. The van der Waals surface area contributed by atoms with E-state index in [0.29, 0.717) is 40.3 Å². The van der Waals surface area contributed by atoms with E-state index in [1.807, 2.05) is 61.5 Å². The summed E-state index contributed by atoms with van der Waals surface area (Å²) < 4.78 is 1.59. The van der Waals surface area contributed by atoms with E-state index >= 15 is 0 Å². The van der Waals surface area contributed by atoms with Gasteiger partial charge in [-0.15, -0.1) is 11.3 Å². The molecule has 0 spiro atoms. The van der Waals surface area contributed by atoms with Crippen LogP contribution in [-0.2, 0) is 6.54 Å². The number of carbonyl (C=O) groups excluding carboxylic acids is 1. The Morgan fingerprint density at radius 1 is 0.971 bits per heavy atom. The summed E-state index contributed by atoms with van der Waals surface area (Å²) >= 11 is 1.26. The number of fused-ring (bicyclic) bond motifs is 2. The number of rotatable bonds is 7. The summed E-state index contributed by atoms with van der Waals surface area (Å²) in [5, 5.41) is 9.20. The predicted octanol–water partition coefficient (Wildman–Crippen LogP) is 4.81. The van der Waals surface area contributed by atoms with Gasteiger partial charge < -0.3 is 10.6 Å². The maximum atomic E-state index is 13.1. The van der Waals surface area contributed by atoms with Gasteiger partial charge in [0.2, 0.25) is 0 Å². The van der Waals surface area contributed by atoms with Gasteiger partial charge in [0.05, 0.1) is 23.1 Å². The molecule has 2 aromatic heterocycles. The van der Waals surface area contributed by atoms with Crippen molar-refractivity contribution in [3.8, 4) is 0 Å². The van der Waals surface area contributed by atoms with Crippen LogP contribution in [0.15, 0.2) is 83.9 Å². The number of hydrogen-bond donors (Lipinski definition) is 2. The van der Waals surface area contributed by atoms with E-state index in [0.717, 1.165) is 16.6 Å². The third kappa shape index (κ3) is 4.30. The number of benzene rings is 3. The minimum atomic E-state index is -0.186. The number of anilines is 1. The molecule has 0 saturated carbocycles. The van der Waals surface area contributed by atoms with Gasteiger partial charge in [0.1, 0.15) is 4.83 Å². The van der Waals surface area contributed by atoms with Crippen molar-refractivity contribution < 1.29 is 4.79 Å². The number of amides is 1. The van der Waals surface area contributed by atoms with Gasteiger partial charge in [0.25, 0.3) is 11.5 Å². The second-order valence-corrected chi connectivity index (χ2v) is 9.11. The standard InChI is InChI=1S/C27H24N4O2S/c1-18-23-26(30-17-31(27(23)33)16-19-8-3-2-4-9-19)34-24(18)25(32)29-15-14-28-22-13-7-11-20-10-5-6-12-21(20)22/h2-13,17,28H,14-16H2,1H3,(H,29,32). The van der Waals surface area contributed by atoms with Gasteiger partial charge in [0.15, 0.2) is 0 Å². The first-order valence-electron chi connectivity index (χ1n) is 11.1. The van der Waals surface area contributed by atoms with Gasteiger partial charge in [-0.3, -0.25) is 14.2 Å². The molecule has 5 rings (SSSR count). The molecular formula is C27H24N4O2S. The number of aromatic nitrogens is 2. The van der Waals surface area contributed by atoms with Crippen molar-refractivity contribution in [3.63, 3.8) is 0 Å². The highest BCUT2D eigenvalue weighted by Crippen LogP contribution is 2.27. The molecule has 2 heterocycles. The Labute approximate surface area is 200 Å². The Hall–Kier alpha value is -3.97. The Balaban J connectivity index is 1.28. The summed E-state index contributed by atoms with van der Waals surface area (Å²) in [6.07, 6.45) is 1.56. The van der Waals surface area contributed by atoms with Crippen LogP contribution in [0, 0.1) is 6.92 Å². The fraction of sp³-hybridized carbons (Fsp3) is 0.148. The third-order valence-corrected chi connectivity index (χ3v) is 7.03. The van der Waals surface area contributed by atoms with Crippen LogP contribution in [0.25, 0.3) is 21.0 Å². The predicted molar refractivity (Wildman–Crippen MR) is 139 cm³/mol. The van der Waals surface area contributed by atoms with Crippen molar-refractivity contribution in [3.05, 3.63) is 105 Å². The quantitative estimate of drug-likeness (QED) is 0.336. The summed E-state index contributed by atoms with van der Waals surface area (Å²) in [4.78, 5) is 31.6. The molecule has 0 bridgehead atoms. The maximum Gasteiger partial charge on any atom is 0.262 e. The molecule has 34 heavy (non-hydrogen) atoms. The maximum absolute atomic E-state index is 13.1. The smallest absolute Gasteiger partial charge is 0.262 e. The Bertz CT molecular complexity index is 1530. The van der Waals surface area contributed by atoms with Crippen molar-refractivity contribution >= 4 is 43.9 Å². The first-order valence-corrected chi connectivity index (χ1v) is 12.0. The summed E-state index contributed by atoms with van der Waals surface area (Å²) in [5.74, 6) is -0.186. The van der Waals surface area contributed by atoms with Gasteiger partial charge in [-0.25, -0.2) is 4.98 Å². The topological polar surface area (TPSA) is 76.0 Å². The lowest BCUT2D eigenvalue weighted by molar-refractivity contribution is 0.0959.